The molecule has 0 aromatic heterocycles. The molecule has 1 aromatic rings. The number of benzene rings is 1. The van der Waals surface area contributed by atoms with Crippen LogP contribution in [0.3, 0.4) is 0 Å². The largest absolute Gasteiger partial charge is 0.422 e. The number of rotatable bonds is 9. The summed E-state index contributed by atoms with van der Waals surface area (Å²) in [6, 6.07) is 1.80. The maximum atomic E-state index is 13.9. The molecule has 2 aliphatic rings. The number of allylic oxidation sites excluding steroid dienone is 2. The van der Waals surface area contributed by atoms with Gasteiger partial charge in [0.2, 0.25) is 0 Å². The molecule has 0 radical (unpaired) electrons. The third kappa shape index (κ3) is 7.82. The Morgan fingerprint density at radius 1 is 0.727 bits per heavy atom. The fraction of sp³-hybridized carbons (Fsp3) is 0.714. The van der Waals surface area contributed by atoms with E-state index in [0.717, 1.165) is 49.7 Å². The lowest BCUT2D eigenvalue weighted by molar-refractivity contribution is -0.142. The molecule has 33 heavy (non-hydrogen) atoms. The maximum Gasteiger partial charge on any atom is 0.422 e. The van der Waals surface area contributed by atoms with Crippen LogP contribution in [0.4, 0.5) is 22.0 Å². The molecule has 3 rings (SSSR count). The molecule has 0 bridgehead atoms. The molecule has 5 heteroatoms. The first-order valence-electron chi connectivity index (χ1n) is 13.0. The Bertz CT molecular complexity index is 727. The van der Waals surface area contributed by atoms with Crippen molar-refractivity contribution in [3.63, 3.8) is 0 Å². The average Bonchev–Trinajstić information content (AvgIpc) is 2.77. The summed E-state index contributed by atoms with van der Waals surface area (Å²) in [5, 5.41) is 0. The summed E-state index contributed by atoms with van der Waals surface area (Å²) < 4.78 is 66.3. The zero-order valence-corrected chi connectivity index (χ0v) is 19.9. The molecule has 2 saturated carbocycles. The lowest BCUT2D eigenvalue weighted by atomic mass is 9.74. The number of hydrogen-bond donors (Lipinski definition) is 0. The monoisotopic (exact) mass is 470 g/mol. The number of alkyl halides is 3. The van der Waals surface area contributed by atoms with E-state index in [1.165, 1.54) is 64.2 Å². The minimum atomic E-state index is -5.00. The normalized spacial score (nSPS) is 26.7. The van der Waals surface area contributed by atoms with Crippen molar-refractivity contribution in [3.8, 4) is 0 Å². The molecule has 0 spiro atoms. The van der Waals surface area contributed by atoms with Gasteiger partial charge in [-0.1, -0.05) is 64.0 Å². The highest BCUT2D eigenvalue weighted by molar-refractivity contribution is 5.30. The van der Waals surface area contributed by atoms with Crippen LogP contribution in [0.15, 0.2) is 24.3 Å². The molecule has 0 heterocycles. The summed E-state index contributed by atoms with van der Waals surface area (Å²) in [7, 11) is 0. The smallest absolute Gasteiger partial charge is 0.206 e. The molecule has 2 fully saturated rings. The Morgan fingerprint density at radius 2 is 1.18 bits per heavy atom. The topological polar surface area (TPSA) is 0 Å². The first-order chi connectivity index (χ1) is 15.8. The van der Waals surface area contributed by atoms with E-state index < -0.39 is 23.4 Å². The minimum Gasteiger partial charge on any atom is -0.206 e. The molecule has 0 unspecified atom stereocenters. The van der Waals surface area contributed by atoms with Gasteiger partial charge in [0.25, 0.3) is 0 Å². The molecular weight excluding hydrogens is 431 g/mol. The van der Waals surface area contributed by atoms with Crippen LogP contribution in [-0.2, 0) is 6.18 Å². The fourth-order valence-corrected chi connectivity index (χ4v) is 5.90. The van der Waals surface area contributed by atoms with E-state index >= 15 is 0 Å². The van der Waals surface area contributed by atoms with Crippen molar-refractivity contribution in [1.29, 1.82) is 0 Å². The van der Waals surface area contributed by atoms with Gasteiger partial charge in [0.05, 0.1) is 0 Å². The summed E-state index contributed by atoms with van der Waals surface area (Å²) in [5.41, 5.74) is -1.40. The summed E-state index contributed by atoms with van der Waals surface area (Å²) in [4.78, 5) is 0. The molecule has 0 amide bonds. The molecule has 0 aliphatic heterocycles. The van der Waals surface area contributed by atoms with Crippen molar-refractivity contribution in [2.75, 3.05) is 0 Å². The van der Waals surface area contributed by atoms with Crippen LogP contribution in [0.5, 0.6) is 0 Å². The molecular formula is C28H39F5. The highest BCUT2D eigenvalue weighted by Gasteiger charge is 2.38. The SMILES string of the molecule is CCCC=CCCC1CCC(CCC2CCC(c3cc(F)c(C(F)(F)F)c(F)c3)CC2)CC1. The summed E-state index contributed by atoms with van der Waals surface area (Å²) in [5.74, 6) is -0.694. The molecule has 0 N–H and O–H groups in total. The zero-order chi connectivity index (χ0) is 23.8. The van der Waals surface area contributed by atoms with Crippen molar-refractivity contribution in [2.45, 2.75) is 109 Å². The van der Waals surface area contributed by atoms with E-state index in [1.807, 2.05) is 0 Å². The lowest BCUT2D eigenvalue weighted by Gasteiger charge is -2.32. The van der Waals surface area contributed by atoms with Gasteiger partial charge in [-0.3, -0.25) is 0 Å². The summed E-state index contributed by atoms with van der Waals surface area (Å²) in [6.07, 6.45) is 16.0. The average molecular weight is 471 g/mol. The molecule has 0 saturated heterocycles. The second-order valence-electron chi connectivity index (χ2n) is 10.4. The summed E-state index contributed by atoms with van der Waals surface area (Å²) in [6.45, 7) is 2.21. The Balaban J connectivity index is 1.37. The van der Waals surface area contributed by atoms with E-state index in [4.69, 9.17) is 0 Å². The van der Waals surface area contributed by atoms with Gasteiger partial charge < -0.3 is 0 Å². The Morgan fingerprint density at radius 3 is 1.67 bits per heavy atom. The van der Waals surface area contributed by atoms with E-state index in [9.17, 15) is 22.0 Å². The standard InChI is InChI=1S/C28H39F5/c1-2-3-4-5-6-7-20-8-10-21(11-9-20)12-13-22-14-16-23(17-15-22)24-18-25(29)27(26(30)19-24)28(31,32)33/h4-5,18-23H,2-3,6-17H2,1H3. The second-order valence-corrected chi connectivity index (χ2v) is 10.4. The number of halogens is 5. The van der Waals surface area contributed by atoms with Crippen LogP contribution in [0.25, 0.3) is 0 Å². The Hall–Kier alpha value is -1.39. The van der Waals surface area contributed by atoms with E-state index in [1.54, 1.807) is 0 Å². The van der Waals surface area contributed by atoms with Gasteiger partial charge in [-0.25, -0.2) is 8.78 Å². The quantitative estimate of drug-likeness (QED) is 0.249. The fourth-order valence-electron chi connectivity index (χ4n) is 5.90. The predicted octanol–water partition coefficient (Wildman–Crippen LogP) is 9.98. The van der Waals surface area contributed by atoms with Crippen molar-refractivity contribution < 1.29 is 22.0 Å². The van der Waals surface area contributed by atoms with Crippen LogP contribution in [0.1, 0.15) is 114 Å². The van der Waals surface area contributed by atoms with Gasteiger partial charge in [-0.15, -0.1) is 0 Å². The second kappa shape index (κ2) is 12.4. The van der Waals surface area contributed by atoms with E-state index in [2.05, 4.69) is 19.1 Å². The third-order valence-corrected chi connectivity index (χ3v) is 7.98. The van der Waals surface area contributed by atoms with Crippen LogP contribution in [-0.4, -0.2) is 0 Å². The van der Waals surface area contributed by atoms with Gasteiger partial charge in [0.15, 0.2) is 0 Å². The first-order valence-corrected chi connectivity index (χ1v) is 13.0. The van der Waals surface area contributed by atoms with Crippen molar-refractivity contribution >= 4 is 0 Å². The Labute approximate surface area is 196 Å². The molecule has 2 aliphatic carbocycles. The van der Waals surface area contributed by atoms with Crippen LogP contribution >= 0.6 is 0 Å². The first kappa shape index (κ1) is 26.2. The highest BCUT2D eigenvalue weighted by Crippen LogP contribution is 2.42. The van der Waals surface area contributed by atoms with Gasteiger partial charge in [0, 0.05) is 0 Å². The maximum absolute atomic E-state index is 13.9. The van der Waals surface area contributed by atoms with Crippen LogP contribution < -0.4 is 0 Å². The summed E-state index contributed by atoms with van der Waals surface area (Å²) >= 11 is 0. The molecule has 1 aromatic carbocycles. The van der Waals surface area contributed by atoms with Gasteiger partial charge in [0.1, 0.15) is 17.2 Å². The highest BCUT2D eigenvalue weighted by atomic mass is 19.4. The van der Waals surface area contributed by atoms with E-state index in [-0.39, 0.29) is 5.92 Å². The van der Waals surface area contributed by atoms with Crippen molar-refractivity contribution in [1.82, 2.24) is 0 Å². The molecule has 0 nitrogen and oxygen atoms in total. The zero-order valence-electron chi connectivity index (χ0n) is 19.9. The molecule has 186 valence electrons. The number of hydrogen-bond acceptors (Lipinski definition) is 0. The van der Waals surface area contributed by atoms with Gasteiger partial charge >= 0.3 is 6.18 Å². The van der Waals surface area contributed by atoms with Crippen LogP contribution in [0, 0.1) is 29.4 Å². The predicted molar refractivity (Wildman–Crippen MR) is 124 cm³/mol. The Kier molecular flexibility index (Phi) is 9.81. The van der Waals surface area contributed by atoms with Crippen molar-refractivity contribution in [3.05, 3.63) is 47.0 Å². The third-order valence-electron chi connectivity index (χ3n) is 7.98. The van der Waals surface area contributed by atoms with Gasteiger partial charge in [-0.2, -0.15) is 13.2 Å². The number of unbranched alkanes of at least 4 members (excludes halogenated alkanes) is 1. The van der Waals surface area contributed by atoms with Crippen LogP contribution in [0.2, 0.25) is 0 Å². The lowest BCUT2D eigenvalue weighted by Crippen LogP contribution is -2.18. The van der Waals surface area contributed by atoms with E-state index in [0.29, 0.717) is 11.5 Å². The molecule has 0 atom stereocenters. The minimum absolute atomic E-state index is 0.0469. The van der Waals surface area contributed by atoms with Crippen molar-refractivity contribution in [2.24, 2.45) is 17.8 Å². The van der Waals surface area contributed by atoms with Gasteiger partial charge in [-0.05, 0) is 86.3 Å².